The van der Waals surface area contributed by atoms with Gasteiger partial charge in [-0.3, -0.25) is 0 Å². The molecule has 0 bridgehead atoms. The molecular formula is C23H29N3. The summed E-state index contributed by atoms with van der Waals surface area (Å²) in [5, 5.41) is 4.92. The fourth-order valence-corrected chi connectivity index (χ4v) is 3.33. The van der Waals surface area contributed by atoms with Gasteiger partial charge in [0.05, 0.1) is 22.8 Å². The van der Waals surface area contributed by atoms with Gasteiger partial charge < -0.3 is 0 Å². The van der Waals surface area contributed by atoms with Crippen molar-refractivity contribution in [3.05, 3.63) is 65.9 Å². The molecule has 3 nitrogen and oxygen atoms in total. The van der Waals surface area contributed by atoms with Crippen LogP contribution in [0.3, 0.4) is 0 Å². The fourth-order valence-electron chi connectivity index (χ4n) is 3.33. The van der Waals surface area contributed by atoms with Gasteiger partial charge in [-0.25, -0.2) is 4.68 Å². The van der Waals surface area contributed by atoms with E-state index in [0.717, 1.165) is 11.3 Å². The summed E-state index contributed by atoms with van der Waals surface area (Å²) in [5.41, 5.74) is 5.96. The van der Waals surface area contributed by atoms with E-state index in [0.29, 0.717) is 11.8 Å². The lowest BCUT2D eigenvalue weighted by atomic mass is 9.93. The van der Waals surface area contributed by atoms with Crippen LogP contribution in [-0.2, 0) is 0 Å². The summed E-state index contributed by atoms with van der Waals surface area (Å²) in [6.07, 6.45) is 3.55. The predicted molar refractivity (Wildman–Crippen MR) is 107 cm³/mol. The molecule has 0 aliphatic carbocycles. The lowest BCUT2D eigenvalue weighted by Gasteiger charge is -2.19. The Labute approximate surface area is 157 Å². The molecule has 26 heavy (non-hydrogen) atoms. The van der Waals surface area contributed by atoms with Crippen LogP contribution in [0.15, 0.2) is 48.5 Å². The third-order valence-corrected chi connectivity index (χ3v) is 4.72. The molecule has 0 fully saturated rings. The molecule has 3 heteroatoms. The van der Waals surface area contributed by atoms with Gasteiger partial charge >= 0.3 is 0 Å². The average Bonchev–Trinajstić information content (AvgIpc) is 3.07. The first-order valence-corrected chi connectivity index (χ1v) is 9.53. The Bertz CT molecular complexity index is 847. The van der Waals surface area contributed by atoms with Crippen LogP contribution in [0.2, 0.25) is 0 Å². The first-order chi connectivity index (χ1) is 12.4. The third kappa shape index (κ3) is 3.44. The minimum Gasteiger partial charge on any atom is -0.206 e. The lowest BCUT2D eigenvalue weighted by Crippen LogP contribution is -2.37. The molecular weight excluding hydrogens is 318 g/mol. The van der Waals surface area contributed by atoms with Crippen LogP contribution >= 0.6 is 0 Å². The first kappa shape index (κ1) is 18.4. The predicted octanol–water partition coefficient (Wildman–Crippen LogP) is 5.45. The summed E-state index contributed by atoms with van der Waals surface area (Å²) in [5.74, 6) is 0.850. The highest BCUT2D eigenvalue weighted by molar-refractivity contribution is 5.57. The molecule has 0 saturated carbocycles. The van der Waals surface area contributed by atoms with Crippen molar-refractivity contribution in [3.8, 4) is 16.9 Å². The second kappa shape index (κ2) is 7.45. The lowest BCUT2D eigenvalue weighted by molar-refractivity contribution is -0.666. The van der Waals surface area contributed by atoms with Crippen molar-refractivity contribution in [2.45, 2.75) is 59.4 Å². The molecule has 1 heterocycles. The Hall–Kier alpha value is -2.42. The molecule has 0 spiro atoms. The molecule has 1 aromatic heterocycles. The smallest absolute Gasteiger partial charge is 0.116 e. The van der Waals surface area contributed by atoms with Crippen LogP contribution in [0.1, 0.15) is 70.5 Å². The summed E-state index contributed by atoms with van der Waals surface area (Å²) in [6, 6.07) is 17.2. The van der Waals surface area contributed by atoms with Gasteiger partial charge in [-0.05, 0) is 25.7 Å². The van der Waals surface area contributed by atoms with Crippen LogP contribution < -0.4 is 4.68 Å². The van der Waals surface area contributed by atoms with Crippen LogP contribution in [0, 0.1) is 6.20 Å². The van der Waals surface area contributed by atoms with E-state index in [2.05, 4.69) is 94.9 Å². The standard InChI is InChI=1S/C23H29N3/c1-16(2)20-13-10-14-21(17(3)4)23(20)25-15-22(26(24-25)18(5)6)19-11-8-7-9-12-19/h7-14,16-18H,1-6H3. The summed E-state index contributed by atoms with van der Waals surface area (Å²) in [6.45, 7) is 13.3. The number of nitrogens with zero attached hydrogens (tertiary/aromatic N) is 3. The Kier molecular flexibility index (Phi) is 5.26. The molecule has 3 aromatic rings. The van der Waals surface area contributed by atoms with Crippen molar-refractivity contribution in [2.24, 2.45) is 0 Å². The Morgan fingerprint density at radius 2 is 1.38 bits per heavy atom. The van der Waals surface area contributed by atoms with E-state index in [4.69, 9.17) is 5.21 Å². The molecule has 0 amide bonds. The van der Waals surface area contributed by atoms with Gasteiger partial charge in [-0.1, -0.05) is 80.8 Å². The summed E-state index contributed by atoms with van der Waals surface area (Å²) >= 11 is 0. The van der Waals surface area contributed by atoms with Crippen molar-refractivity contribution < 1.29 is 4.68 Å². The largest absolute Gasteiger partial charge is 0.206 e. The van der Waals surface area contributed by atoms with Crippen LogP contribution in [-0.4, -0.2) is 9.90 Å². The molecule has 0 unspecified atom stereocenters. The van der Waals surface area contributed by atoms with E-state index in [1.807, 2.05) is 10.7 Å². The second-order valence-electron chi connectivity index (χ2n) is 7.76. The van der Waals surface area contributed by atoms with Crippen molar-refractivity contribution in [2.75, 3.05) is 0 Å². The number of hydrogen-bond donors (Lipinski definition) is 0. The maximum atomic E-state index is 4.92. The summed E-state index contributed by atoms with van der Waals surface area (Å²) in [7, 11) is 0. The monoisotopic (exact) mass is 347 g/mol. The zero-order chi connectivity index (χ0) is 18.8. The molecule has 0 N–H and O–H groups in total. The Balaban J connectivity index is 2.26. The van der Waals surface area contributed by atoms with E-state index < -0.39 is 0 Å². The van der Waals surface area contributed by atoms with E-state index in [-0.39, 0.29) is 6.04 Å². The van der Waals surface area contributed by atoms with Crippen LogP contribution in [0.4, 0.5) is 0 Å². The molecule has 3 rings (SSSR count). The van der Waals surface area contributed by atoms with Gasteiger partial charge in [0, 0.05) is 0 Å². The van der Waals surface area contributed by atoms with Crippen molar-refractivity contribution >= 4 is 0 Å². The number of hydrogen-bond acceptors (Lipinski definition) is 1. The van der Waals surface area contributed by atoms with Crippen molar-refractivity contribution in [1.82, 2.24) is 9.90 Å². The van der Waals surface area contributed by atoms with Gasteiger partial charge in [0.2, 0.25) is 0 Å². The molecule has 0 radical (unpaired) electrons. The van der Waals surface area contributed by atoms with E-state index in [1.54, 1.807) is 0 Å². The van der Waals surface area contributed by atoms with Crippen molar-refractivity contribution in [1.29, 1.82) is 0 Å². The molecule has 0 atom stereocenters. The Morgan fingerprint density at radius 1 is 0.808 bits per heavy atom. The molecule has 0 aliphatic heterocycles. The van der Waals surface area contributed by atoms with Gasteiger partial charge in [0.15, 0.2) is 0 Å². The highest BCUT2D eigenvalue weighted by Gasteiger charge is 2.20. The van der Waals surface area contributed by atoms with Crippen LogP contribution in [0.5, 0.6) is 0 Å². The third-order valence-electron chi connectivity index (χ3n) is 4.72. The van der Waals surface area contributed by atoms with Crippen LogP contribution in [0.25, 0.3) is 16.9 Å². The summed E-state index contributed by atoms with van der Waals surface area (Å²) in [4.78, 5) is 0. The maximum Gasteiger partial charge on any atom is 0.116 e. The SMILES string of the molecule is CC(C)c1cccc(C(C)C)c1-[n+]1[c-]c(-c2ccccc2)n(C(C)C)n1. The van der Waals surface area contributed by atoms with Crippen molar-refractivity contribution in [3.63, 3.8) is 0 Å². The fraction of sp³-hybridized carbons (Fsp3) is 0.391. The zero-order valence-electron chi connectivity index (χ0n) is 16.7. The van der Waals surface area contributed by atoms with E-state index in [9.17, 15) is 0 Å². The maximum absolute atomic E-state index is 4.92. The number of para-hydroxylation sites is 1. The molecule has 0 saturated heterocycles. The number of aromatic nitrogens is 3. The number of rotatable bonds is 5. The second-order valence-corrected chi connectivity index (χ2v) is 7.76. The van der Waals surface area contributed by atoms with Gasteiger partial charge in [0.1, 0.15) is 6.04 Å². The normalized spacial score (nSPS) is 11.7. The quantitative estimate of drug-likeness (QED) is 0.444. The topological polar surface area (TPSA) is 21.7 Å². The first-order valence-electron chi connectivity index (χ1n) is 9.53. The minimum atomic E-state index is 0.261. The van der Waals surface area contributed by atoms with E-state index >= 15 is 0 Å². The minimum absolute atomic E-state index is 0.261. The zero-order valence-corrected chi connectivity index (χ0v) is 16.7. The van der Waals surface area contributed by atoms with Gasteiger partial charge in [-0.15, -0.1) is 12.1 Å². The molecule has 136 valence electrons. The molecule has 2 aromatic carbocycles. The van der Waals surface area contributed by atoms with Gasteiger partial charge in [-0.2, -0.15) is 4.68 Å². The summed E-state index contributed by atoms with van der Waals surface area (Å²) < 4.78 is 4.03. The Morgan fingerprint density at radius 3 is 1.88 bits per heavy atom. The number of benzene rings is 2. The highest BCUT2D eigenvalue weighted by Crippen LogP contribution is 2.28. The average molecular weight is 348 g/mol. The van der Waals surface area contributed by atoms with E-state index in [1.165, 1.54) is 16.8 Å². The van der Waals surface area contributed by atoms with Gasteiger partial charge in [0.25, 0.3) is 0 Å². The molecule has 0 aliphatic rings. The highest BCUT2D eigenvalue weighted by atomic mass is 15.5.